The minimum Gasteiger partial charge on any atom is -0.480 e. The summed E-state index contributed by atoms with van der Waals surface area (Å²) in [6, 6.07) is -0.731. The first-order chi connectivity index (χ1) is 8.50. The summed E-state index contributed by atoms with van der Waals surface area (Å²) in [5.74, 6) is -0.792. The van der Waals surface area contributed by atoms with Crippen molar-refractivity contribution in [3.8, 4) is 0 Å². The van der Waals surface area contributed by atoms with E-state index in [1.165, 1.54) is 11.8 Å². The lowest BCUT2D eigenvalue weighted by Crippen LogP contribution is -2.48. The van der Waals surface area contributed by atoms with Gasteiger partial charge in [0.2, 0.25) is 5.91 Å². The van der Waals surface area contributed by atoms with Crippen molar-refractivity contribution in [2.24, 2.45) is 5.73 Å². The van der Waals surface area contributed by atoms with E-state index in [1.54, 1.807) is 18.7 Å². The summed E-state index contributed by atoms with van der Waals surface area (Å²) < 4.78 is -0.679. The van der Waals surface area contributed by atoms with Gasteiger partial charge in [-0.15, -0.1) is 11.8 Å². The van der Waals surface area contributed by atoms with Crippen LogP contribution < -0.4 is 5.73 Å². The van der Waals surface area contributed by atoms with Gasteiger partial charge in [0.15, 0.2) is 0 Å². The van der Waals surface area contributed by atoms with Crippen LogP contribution in [0.4, 0.5) is 0 Å². The molecule has 5 nitrogen and oxygen atoms in total. The van der Waals surface area contributed by atoms with Crippen molar-refractivity contribution in [1.82, 2.24) is 4.90 Å². The van der Waals surface area contributed by atoms with Crippen molar-refractivity contribution in [3.05, 3.63) is 0 Å². The number of hydrogen-bond acceptors (Lipinski definition) is 4. The zero-order valence-corrected chi connectivity index (χ0v) is 13.5. The largest absolute Gasteiger partial charge is 0.480 e. The number of amides is 1. The standard InChI is InChI=1S/C13H26N2O3S/c1-8(2)15(9(3)4)10(16)7-19-13(5,6)11(14)12(17)18/h8-9,11H,7,14H2,1-6H3,(H,17,18)/t11-/m1/s1. The normalized spacial score (nSPS) is 13.7. The molecule has 19 heavy (non-hydrogen) atoms. The van der Waals surface area contributed by atoms with Gasteiger partial charge in [-0.3, -0.25) is 9.59 Å². The molecule has 0 aliphatic carbocycles. The summed E-state index contributed by atoms with van der Waals surface area (Å²) in [5, 5.41) is 8.93. The fourth-order valence-electron chi connectivity index (χ4n) is 1.88. The van der Waals surface area contributed by atoms with Crippen LogP contribution in [0, 0.1) is 0 Å². The molecular weight excluding hydrogens is 264 g/mol. The summed E-state index contributed by atoms with van der Waals surface area (Å²) in [6.45, 7) is 11.4. The summed E-state index contributed by atoms with van der Waals surface area (Å²) in [4.78, 5) is 24.9. The minimum absolute atomic E-state index is 0.0145. The molecule has 0 saturated heterocycles. The van der Waals surface area contributed by atoms with Gasteiger partial charge in [0.1, 0.15) is 6.04 Å². The van der Waals surface area contributed by atoms with E-state index < -0.39 is 16.8 Å². The van der Waals surface area contributed by atoms with Gasteiger partial charge in [0, 0.05) is 16.8 Å². The highest BCUT2D eigenvalue weighted by molar-refractivity contribution is 8.01. The van der Waals surface area contributed by atoms with Crippen LogP contribution in [0.1, 0.15) is 41.5 Å². The van der Waals surface area contributed by atoms with E-state index in [0.29, 0.717) is 0 Å². The Morgan fingerprint density at radius 2 is 1.63 bits per heavy atom. The average molecular weight is 290 g/mol. The molecule has 0 heterocycles. The van der Waals surface area contributed by atoms with Crippen molar-refractivity contribution in [2.45, 2.75) is 64.4 Å². The monoisotopic (exact) mass is 290 g/mol. The second kappa shape index (κ2) is 7.14. The molecule has 0 unspecified atom stereocenters. The number of aliphatic carboxylic acids is 1. The number of rotatable bonds is 7. The lowest BCUT2D eigenvalue weighted by atomic mass is 10.1. The Morgan fingerprint density at radius 3 is 1.95 bits per heavy atom. The average Bonchev–Trinajstić information content (AvgIpc) is 2.24. The molecule has 1 amide bonds. The summed E-state index contributed by atoms with van der Waals surface area (Å²) in [7, 11) is 0. The van der Waals surface area contributed by atoms with Gasteiger partial charge in [0.05, 0.1) is 5.75 Å². The molecule has 3 N–H and O–H groups in total. The van der Waals surface area contributed by atoms with E-state index in [1.807, 2.05) is 27.7 Å². The molecular formula is C13H26N2O3S. The molecule has 112 valence electrons. The van der Waals surface area contributed by atoms with Crippen LogP contribution in [0.3, 0.4) is 0 Å². The number of hydrogen-bond donors (Lipinski definition) is 2. The first-order valence-electron chi connectivity index (χ1n) is 6.44. The molecule has 0 saturated carbocycles. The predicted molar refractivity (Wildman–Crippen MR) is 79.3 cm³/mol. The van der Waals surface area contributed by atoms with E-state index in [-0.39, 0.29) is 23.7 Å². The molecule has 0 aliphatic heterocycles. The van der Waals surface area contributed by atoms with E-state index in [2.05, 4.69) is 0 Å². The Labute approximate surface area is 119 Å². The Kier molecular flexibility index (Phi) is 6.86. The predicted octanol–water partition coefficient (Wildman–Crippen LogP) is 1.56. The molecule has 0 bridgehead atoms. The maximum absolute atomic E-state index is 12.2. The van der Waals surface area contributed by atoms with Crippen LogP contribution in [0.2, 0.25) is 0 Å². The van der Waals surface area contributed by atoms with Crippen LogP contribution in [0.5, 0.6) is 0 Å². The molecule has 6 heteroatoms. The SMILES string of the molecule is CC(C)N(C(=O)CSC(C)(C)[C@H](N)C(=O)O)C(C)C. The first-order valence-corrected chi connectivity index (χ1v) is 7.42. The highest BCUT2D eigenvalue weighted by Crippen LogP contribution is 2.28. The third kappa shape index (κ3) is 5.40. The van der Waals surface area contributed by atoms with Gasteiger partial charge in [-0.05, 0) is 41.5 Å². The molecule has 0 aromatic rings. The number of carbonyl (C=O) groups excluding carboxylic acids is 1. The highest BCUT2D eigenvalue weighted by Gasteiger charge is 2.34. The minimum atomic E-state index is -1.05. The number of nitrogens with zero attached hydrogens (tertiary/aromatic N) is 1. The summed E-state index contributed by atoms with van der Waals surface area (Å²) in [6.07, 6.45) is 0. The van der Waals surface area contributed by atoms with Crippen LogP contribution in [0.25, 0.3) is 0 Å². The van der Waals surface area contributed by atoms with Gasteiger partial charge in [-0.25, -0.2) is 0 Å². The Hall–Kier alpha value is -0.750. The zero-order valence-electron chi connectivity index (χ0n) is 12.6. The Balaban J connectivity index is 4.63. The topological polar surface area (TPSA) is 83.6 Å². The van der Waals surface area contributed by atoms with Crippen LogP contribution >= 0.6 is 11.8 Å². The maximum atomic E-state index is 12.2. The van der Waals surface area contributed by atoms with E-state index >= 15 is 0 Å². The van der Waals surface area contributed by atoms with E-state index in [9.17, 15) is 9.59 Å². The maximum Gasteiger partial charge on any atom is 0.321 e. The van der Waals surface area contributed by atoms with Crippen molar-refractivity contribution >= 4 is 23.6 Å². The van der Waals surface area contributed by atoms with Crippen molar-refractivity contribution < 1.29 is 14.7 Å². The van der Waals surface area contributed by atoms with Crippen molar-refractivity contribution in [1.29, 1.82) is 0 Å². The molecule has 0 fully saturated rings. The molecule has 0 aromatic carbocycles. The molecule has 0 aliphatic rings. The quantitative estimate of drug-likeness (QED) is 0.743. The number of carboxylic acid groups (broad SMARTS) is 1. The Bertz CT molecular complexity index is 322. The second-order valence-electron chi connectivity index (χ2n) is 5.70. The van der Waals surface area contributed by atoms with Crippen molar-refractivity contribution in [3.63, 3.8) is 0 Å². The lowest BCUT2D eigenvalue weighted by molar-refractivity contribution is -0.139. The molecule has 0 aromatic heterocycles. The van der Waals surface area contributed by atoms with Gasteiger partial charge in [-0.1, -0.05) is 0 Å². The second-order valence-corrected chi connectivity index (χ2v) is 7.33. The van der Waals surface area contributed by atoms with Crippen LogP contribution in [0.15, 0.2) is 0 Å². The van der Waals surface area contributed by atoms with Crippen LogP contribution in [-0.4, -0.2) is 50.5 Å². The fourth-order valence-corrected chi connectivity index (χ4v) is 2.81. The number of nitrogens with two attached hydrogens (primary N) is 1. The van der Waals surface area contributed by atoms with Gasteiger partial charge in [0.25, 0.3) is 0 Å². The molecule has 0 radical (unpaired) electrons. The van der Waals surface area contributed by atoms with E-state index in [0.717, 1.165) is 0 Å². The summed E-state index contributed by atoms with van der Waals surface area (Å²) >= 11 is 1.29. The number of carbonyl (C=O) groups is 2. The number of thioether (sulfide) groups is 1. The van der Waals surface area contributed by atoms with Gasteiger partial charge in [-0.2, -0.15) is 0 Å². The zero-order chi connectivity index (χ0) is 15.4. The van der Waals surface area contributed by atoms with Crippen LogP contribution in [-0.2, 0) is 9.59 Å². The smallest absolute Gasteiger partial charge is 0.321 e. The highest BCUT2D eigenvalue weighted by atomic mass is 32.2. The molecule has 0 spiro atoms. The van der Waals surface area contributed by atoms with Gasteiger partial charge >= 0.3 is 5.97 Å². The summed E-state index contributed by atoms with van der Waals surface area (Å²) in [5.41, 5.74) is 5.63. The third-order valence-corrected chi connectivity index (χ3v) is 4.37. The number of carboxylic acids is 1. The third-order valence-electron chi connectivity index (χ3n) is 2.98. The Morgan fingerprint density at radius 1 is 1.21 bits per heavy atom. The van der Waals surface area contributed by atoms with E-state index in [4.69, 9.17) is 10.8 Å². The molecule has 1 atom stereocenters. The van der Waals surface area contributed by atoms with Crippen molar-refractivity contribution in [2.75, 3.05) is 5.75 Å². The fraction of sp³-hybridized carbons (Fsp3) is 0.846. The first kappa shape index (κ1) is 18.2. The van der Waals surface area contributed by atoms with Gasteiger partial charge < -0.3 is 15.7 Å². The lowest BCUT2D eigenvalue weighted by Gasteiger charge is -2.33. The molecule has 0 rings (SSSR count).